The highest BCUT2D eigenvalue weighted by Crippen LogP contribution is 2.11. The maximum absolute atomic E-state index is 12.4. The topological polar surface area (TPSA) is 199 Å². The molecule has 11 nitrogen and oxygen atoms in total. The molecule has 0 aliphatic carbocycles. The van der Waals surface area contributed by atoms with E-state index in [1.165, 1.54) is 31.2 Å². The lowest BCUT2D eigenvalue weighted by molar-refractivity contribution is -0.143. The number of benzene rings is 1. The van der Waals surface area contributed by atoms with Crippen LogP contribution >= 0.6 is 0 Å². The minimum atomic E-state index is -1.53. The summed E-state index contributed by atoms with van der Waals surface area (Å²) in [5, 5.41) is 41.3. The van der Waals surface area contributed by atoms with Crippen LogP contribution in [0.15, 0.2) is 24.3 Å². The molecule has 154 valence electrons. The number of carbonyl (C=O) groups excluding carboxylic acids is 2. The second kappa shape index (κ2) is 10.2. The van der Waals surface area contributed by atoms with Gasteiger partial charge in [-0.2, -0.15) is 0 Å². The monoisotopic (exact) mass is 397 g/mol. The Morgan fingerprint density at radius 1 is 1.04 bits per heavy atom. The number of aliphatic hydroxyl groups excluding tert-OH is 1. The van der Waals surface area contributed by atoms with Crippen molar-refractivity contribution < 1.29 is 39.6 Å². The molecular weight excluding hydrogens is 374 g/mol. The molecule has 0 aromatic heterocycles. The van der Waals surface area contributed by atoms with E-state index in [0.29, 0.717) is 5.56 Å². The zero-order valence-electron chi connectivity index (χ0n) is 15.0. The van der Waals surface area contributed by atoms with Gasteiger partial charge in [-0.15, -0.1) is 0 Å². The zero-order chi connectivity index (χ0) is 21.4. The van der Waals surface area contributed by atoms with E-state index in [0.717, 1.165) is 0 Å². The van der Waals surface area contributed by atoms with Gasteiger partial charge in [0.2, 0.25) is 11.8 Å². The summed E-state index contributed by atoms with van der Waals surface area (Å²) in [6, 6.07) is 1.33. The second-order valence-electron chi connectivity index (χ2n) is 6.20. The van der Waals surface area contributed by atoms with Crippen molar-refractivity contribution >= 4 is 23.8 Å². The molecule has 1 aromatic carbocycles. The molecule has 0 saturated carbocycles. The number of rotatable bonds is 10. The number of amides is 2. The summed E-state index contributed by atoms with van der Waals surface area (Å²) in [5.74, 6) is -4.62. The van der Waals surface area contributed by atoms with E-state index in [1.807, 2.05) is 0 Å². The van der Waals surface area contributed by atoms with Crippen molar-refractivity contribution in [1.82, 2.24) is 10.6 Å². The first kappa shape index (κ1) is 22.9. The molecule has 0 heterocycles. The van der Waals surface area contributed by atoms with Crippen LogP contribution in [-0.4, -0.2) is 68.4 Å². The lowest BCUT2D eigenvalue weighted by Crippen LogP contribution is -2.58. The normalized spacial score (nSPS) is 15.0. The molecule has 0 spiro atoms. The molecule has 1 rings (SSSR count). The molecule has 11 heteroatoms. The number of aliphatic hydroxyl groups is 1. The summed E-state index contributed by atoms with van der Waals surface area (Å²) < 4.78 is 0. The number of nitrogens with two attached hydrogens (primary N) is 1. The quantitative estimate of drug-likeness (QED) is 0.237. The van der Waals surface area contributed by atoms with Crippen LogP contribution in [0.25, 0.3) is 0 Å². The zero-order valence-corrected chi connectivity index (χ0v) is 15.0. The van der Waals surface area contributed by atoms with E-state index >= 15 is 0 Å². The van der Waals surface area contributed by atoms with Gasteiger partial charge in [0.1, 0.15) is 17.8 Å². The fourth-order valence-corrected chi connectivity index (χ4v) is 2.28. The Balaban J connectivity index is 2.83. The number of aliphatic carboxylic acids is 2. The van der Waals surface area contributed by atoms with Gasteiger partial charge in [-0.1, -0.05) is 12.1 Å². The van der Waals surface area contributed by atoms with Crippen LogP contribution < -0.4 is 16.4 Å². The third-order valence-corrected chi connectivity index (χ3v) is 3.78. The summed E-state index contributed by atoms with van der Waals surface area (Å²) in [4.78, 5) is 46.4. The van der Waals surface area contributed by atoms with Gasteiger partial charge in [-0.3, -0.25) is 14.4 Å². The van der Waals surface area contributed by atoms with E-state index < -0.39 is 54.4 Å². The van der Waals surface area contributed by atoms with E-state index in [9.17, 15) is 34.5 Å². The third-order valence-electron chi connectivity index (χ3n) is 3.78. The van der Waals surface area contributed by atoms with Crippen molar-refractivity contribution in [2.24, 2.45) is 5.73 Å². The van der Waals surface area contributed by atoms with Gasteiger partial charge in [-0.25, -0.2) is 4.79 Å². The molecule has 2 amide bonds. The predicted octanol–water partition coefficient (Wildman–Crippen LogP) is -1.83. The van der Waals surface area contributed by atoms with E-state index in [-0.39, 0.29) is 12.2 Å². The molecule has 8 N–H and O–H groups in total. The smallest absolute Gasteiger partial charge is 0.326 e. The highest BCUT2D eigenvalue weighted by molar-refractivity contribution is 5.93. The Kier molecular flexibility index (Phi) is 8.35. The Hall–Kier alpha value is -3.18. The SMILES string of the molecule is CC(O)C(NC(=O)C(N)CC(=O)O)C(=O)NC(Cc1ccc(O)cc1)C(=O)O. The fraction of sp³-hybridized carbons (Fsp3) is 0.412. The Bertz CT molecular complexity index is 720. The highest BCUT2D eigenvalue weighted by Gasteiger charge is 2.31. The maximum atomic E-state index is 12.4. The van der Waals surface area contributed by atoms with Crippen LogP contribution in [0, 0.1) is 0 Å². The molecule has 0 saturated heterocycles. The van der Waals surface area contributed by atoms with Crippen molar-refractivity contribution in [2.75, 3.05) is 0 Å². The molecule has 28 heavy (non-hydrogen) atoms. The number of hydrogen-bond donors (Lipinski definition) is 7. The van der Waals surface area contributed by atoms with Gasteiger partial charge in [0, 0.05) is 6.42 Å². The summed E-state index contributed by atoms with van der Waals surface area (Å²) in [6.45, 7) is 1.20. The standard InChI is InChI=1S/C17H23N3O8/c1-8(21)14(20-15(25)11(18)7-13(23)24)16(26)19-12(17(27)28)6-9-2-4-10(22)5-3-9/h2-5,8,11-12,14,21-22H,6-7,18H2,1H3,(H,19,26)(H,20,25)(H,23,24)(H,27,28). The lowest BCUT2D eigenvalue weighted by atomic mass is 10.0. The van der Waals surface area contributed by atoms with E-state index in [1.54, 1.807) is 0 Å². The largest absolute Gasteiger partial charge is 0.508 e. The Morgan fingerprint density at radius 2 is 1.61 bits per heavy atom. The maximum Gasteiger partial charge on any atom is 0.326 e. The second-order valence-corrected chi connectivity index (χ2v) is 6.20. The lowest BCUT2D eigenvalue weighted by Gasteiger charge is -2.24. The van der Waals surface area contributed by atoms with Crippen LogP contribution in [0.4, 0.5) is 0 Å². The van der Waals surface area contributed by atoms with Gasteiger partial charge < -0.3 is 36.8 Å². The summed E-state index contributed by atoms with van der Waals surface area (Å²) in [6.07, 6.45) is -2.19. The van der Waals surface area contributed by atoms with Gasteiger partial charge in [-0.05, 0) is 24.6 Å². The van der Waals surface area contributed by atoms with Crippen molar-refractivity contribution in [3.8, 4) is 5.75 Å². The van der Waals surface area contributed by atoms with Crippen molar-refractivity contribution in [3.63, 3.8) is 0 Å². The average molecular weight is 397 g/mol. The van der Waals surface area contributed by atoms with Crippen LogP contribution in [0.5, 0.6) is 5.75 Å². The first-order chi connectivity index (χ1) is 13.0. The molecule has 4 unspecified atom stereocenters. The number of phenolic OH excluding ortho intramolecular Hbond substituents is 1. The minimum Gasteiger partial charge on any atom is -0.508 e. The molecule has 0 aliphatic rings. The summed E-state index contributed by atoms with van der Waals surface area (Å²) >= 11 is 0. The van der Waals surface area contributed by atoms with Crippen LogP contribution in [-0.2, 0) is 25.6 Å². The Labute approximate surface area is 160 Å². The van der Waals surface area contributed by atoms with Crippen molar-refractivity contribution in [1.29, 1.82) is 0 Å². The number of nitrogens with one attached hydrogen (secondary N) is 2. The third kappa shape index (κ3) is 7.21. The molecule has 1 aromatic rings. The van der Waals surface area contributed by atoms with Gasteiger partial charge >= 0.3 is 11.9 Å². The molecule has 0 aliphatic heterocycles. The number of carbonyl (C=O) groups is 4. The summed E-state index contributed by atoms with van der Waals surface area (Å²) in [7, 11) is 0. The van der Waals surface area contributed by atoms with Crippen LogP contribution in [0.1, 0.15) is 18.9 Å². The van der Waals surface area contributed by atoms with Crippen LogP contribution in [0.3, 0.4) is 0 Å². The molecule has 0 fully saturated rings. The number of carboxylic acids is 2. The predicted molar refractivity (Wildman–Crippen MR) is 95.2 cm³/mol. The number of phenols is 1. The molecule has 4 atom stereocenters. The van der Waals surface area contributed by atoms with Gasteiger partial charge in [0.05, 0.1) is 18.6 Å². The van der Waals surface area contributed by atoms with Crippen molar-refractivity contribution in [2.45, 2.75) is 44.0 Å². The fourth-order valence-electron chi connectivity index (χ4n) is 2.28. The highest BCUT2D eigenvalue weighted by atomic mass is 16.4. The van der Waals surface area contributed by atoms with Crippen LogP contribution in [0.2, 0.25) is 0 Å². The minimum absolute atomic E-state index is 0.00533. The van der Waals surface area contributed by atoms with E-state index in [2.05, 4.69) is 10.6 Å². The number of carboxylic acid groups (broad SMARTS) is 2. The number of hydrogen-bond acceptors (Lipinski definition) is 7. The first-order valence-corrected chi connectivity index (χ1v) is 8.28. The van der Waals surface area contributed by atoms with Gasteiger partial charge in [0.15, 0.2) is 0 Å². The van der Waals surface area contributed by atoms with Gasteiger partial charge in [0.25, 0.3) is 0 Å². The number of aromatic hydroxyl groups is 1. The molecule has 0 radical (unpaired) electrons. The van der Waals surface area contributed by atoms with E-state index in [4.69, 9.17) is 10.8 Å². The summed E-state index contributed by atoms with van der Waals surface area (Å²) in [5.41, 5.74) is 5.93. The van der Waals surface area contributed by atoms with Crippen molar-refractivity contribution in [3.05, 3.63) is 29.8 Å². The first-order valence-electron chi connectivity index (χ1n) is 8.28. The molecule has 0 bridgehead atoms. The average Bonchev–Trinajstić information content (AvgIpc) is 2.59. The Morgan fingerprint density at radius 3 is 2.07 bits per heavy atom. The molecular formula is C17H23N3O8.